The van der Waals surface area contributed by atoms with E-state index in [0.29, 0.717) is 5.91 Å². The Morgan fingerprint density at radius 1 is 1.22 bits per heavy atom. The van der Waals surface area contributed by atoms with Crippen LogP contribution in [0.1, 0.15) is 53.5 Å². The molecule has 2 saturated heterocycles. The van der Waals surface area contributed by atoms with Gasteiger partial charge in [-0.2, -0.15) is 5.10 Å². The molecule has 0 aliphatic carbocycles. The number of piperidine rings is 1. The van der Waals surface area contributed by atoms with Crippen LogP contribution in [-0.2, 0) is 11.8 Å². The highest BCUT2D eigenvalue weighted by atomic mass is 16.2. The number of nitrogens with zero attached hydrogens (tertiary/aromatic N) is 3. The van der Waals surface area contributed by atoms with Crippen LogP contribution in [0.5, 0.6) is 0 Å². The largest absolute Gasteiger partial charge is 0.335 e. The first kappa shape index (κ1) is 18.2. The van der Waals surface area contributed by atoms with Crippen LogP contribution in [0.3, 0.4) is 0 Å². The molecule has 27 heavy (non-hydrogen) atoms. The fourth-order valence-corrected chi connectivity index (χ4v) is 4.79. The summed E-state index contributed by atoms with van der Waals surface area (Å²) in [6, 6.07) is 6.71. The van der Waals surface area contributed by atoms with E-state index in [1.165, 1.54) is 28.7 Å². The van der Waals surface area contributed by atoms with E-state index in [-0.39, 0.29) is 17.9 Å². The molecular weight excluding hydrogens is 336 g/mol. The molecule has 3 atom stereocenters. The second-order valence-corrected chi connectivity index (χ2v) is 8.15. The lowest BCUT2D eigenvalue weighted by Gasteiger charge is -2.39. The maximum Gasteiger partial charge on any atom is 0.228 e. The normalized spacial score (nSPS) is 25.7. The summed E-state index contributed by atoms with van der Waals surface area (Å²) < 4.78 is 1.83. The lowest BCUT2D eigenvalue weighted by atomic mass is 9.86. The Balaban J connectivity index is 1.61. The first-order chi connectivity index (χ1) is 13.1. The Bertz CT molecular complexity index is 827. The topological polar surface area (TPSA) is 50.2 Å². The van der Waals surface area contributed by atoms with Gasteiger partial charge in [-0.05, 0) is 55.4 Å². The van der Waals surface area contributed by atoms with E-state index >= 15 is 0 Å². The lowest BCUT2D eigenvalue weighted by molar-refractivity contribution is -0.139. The summed E-state index contributed by atoms with van der Waals surface area (Å²) in [5.41, 5.74) is 5.13. The van der Waals surface area contributed by atoms with Crippen LogP contribution in [0.15, 0.2) is 30.6 Å². The fraction of sp³-hybridized carbons (Fsp3) is 0.545. The van der Waals surface area contributed by atoms with Crippen LogP contribution in [-0.4, -0.2) is 40.2 Å². The minimum atomic E-state index is -0.0000784. The van der Waals surface area contributed by atoms with Gasteiger partial charge >= 0.3 is 0 Å². The molecule has 1 amide bonds. The molecule has 0 spiro atoms. The number of nitrogens with one attached hydrogen (secondary N) is 1. The van der Waals surface area contributed by atoms with E-state index in [1.807, 2.05) is 17.9 Å². The summed E-state index contributed by atoms with van der Waals surface area (Å²) >= 11 is 0. The van der Waals surface area contributed by atoms with E-state index in [1.54, 1.807) is 0 Å². The summed E-state index contributed by atoms with van der Waals surface area (Å²) in [4.78, 5) is 15.8. The highest BCUT2D eigenvalue weighted by Crippen LogP contribution is 2.37. The van der Waals surface area contributed by atoms with E-state index in [4.69, 9.17) is 0 Å². The SMILES string of the molecule is Cc1cccc(C2CCCCN2C(=O)[C@H]2CNC[C@@H]2c2cnn(C)c2)c1C. The smallest absolute Gasteiger partial charge is 0.228 e. The van der Waals surface area contributed by atoms with Crippen molar-refractivity contribution in [1.82, 2.24) is 20.0 Å². The average Bonchev–Trinajstić information content (AvgIpc) is 3.32. The number of carbonyl (C=O) groups excluding carboxylic acids is 1. The quantitative estimate of drug-likeness (QED) is 0.908. The number of rotatable bonds is 3. The zero-order valence-electron chi connectivity index (χ0n) is 16.6. The summed E-state index contributed by atoms with van der Waals surface area (Å²) in [6.45, 7) is 6.83. The molecule has 144 valence electrons. The Morgan fingerprint density at radius 2 is 2.07 bits per heavy atom. The number of likely N-dealkylation sites (tertiary alicyclic amines) is 1. The Morgan fingerprint density at radius 3 is 2.85 bits per heavy atom. The molecule has 0 bridgehead atoms. The van der Waals surface area contributed by atoms with Crippen LogP contribution in [0.2, 0.25) is 0 Å². The van der Waals surface area contributed by atoms with Gasteiger partial charge in [-0.3, -0.25) is 9.48 Å². The van der Waals surface area contributed by atoms with Gasteiger partial charge < -0.3 is 10.2 Å². The van der Waals surface area contributed by atoms with Gasteiger partial charge in [0.25, 0.3) is 0 Å². The van der Waals surface area contributed by atoms with Crippen molar-refractivity contribution in [1.29, 1.82) is 0 Å². The van der Waals surface area contributed by atoms with Crippen molar-refractivity contribution < 1.29 is 4.79 Å². The molecule has 2 fully saturated rings. The van der Waals surface area contributed by atoms with Crippen molar-refractivity contribution in [2.45, 2.75) is 45.1 Å². The maximum atomic E-state index is 13.6. The van der Waals surface area contributed by atoms with Gasteiger partial charge in [-0.15, -0.1) is 0 Å². The molecule has 1 N–H and O–H groups in total. The van der Waals surface area contributed by atoms with Crippen molar-refractivity contribution in [2.75, 3.05) is 19.6 Å². The number of benzene rings is 1. The number of aromatic nitrogens is 2. The number of carbonyl (C=O) groups is 1. The van der Waals surface area contributed by atoms with E-state index in [0.717, 1.165) is 32.5 Å². The predicted molar refractivity (Wildman–Crippen MR) is 107 cm³/mol. The molecule has 4 rings (SSSR count). The van der Waals surface area contributed by atoms with E-state index < -0.39 is 0 Å². The number of hydrogen-bond acceptors (Lipinski definition) is 3. The van der Waals surface area contributed by atoms with Crippen molar-refractivity contribution >= 4 is 5.91 Å². The predicted octanol–water partition coefficient (Wildman–Crippen LogP) is 3.09. The highest BCUT2D eigenvalue weighted by molar-refractivity contribution is 5.81. The first-order valence-electron chi connectivity index (χ1n) is 10.1. The monoisotopic (exact) mass is 366 g/mol. The minimum absolute atomic E-state index is 0.0000784. The van der Waals surface area contributed by atoms with Crippen LogP contribution >= 0.6 is 0 Å². The van der Waals surface area contributed by atoms with E-state index in [9.17, 15) is 4.79 Å². The number of aryl methyl sites for hydroxylation is 2. The molecule has 1 aromatic heterocycles. The van der Waals surface area contributed by atoms with Crippen molar-refractivity contribution in [3.05, 3.63) is 52.8 Å². The van der Waals surface area contributed by atoms with Gasteiger partial charge in [-0.1, -0.05) is 18.2 Å². The minimum Gasteiger partial charge on any atom is -0.335 e. The fourth-order valence-electron chi connectivity index (χ4n) is 4.79. The van der Waals surface area contributed by atoms with Gasteiger partial charge in [0.2, 0.25) is 5.91 Å². The van der Waals surface area contributed by atoms with Crippen LogP contribution in [0, 0.1) is 19.8 Å². The molecule has 2 aliphatic heterocycles. The van der Waals surface area contributed by atoms with Crippen molar-refractivity contribution in [3.8, 4) is 0 Å². The Hall–Kier alpha value is -2.14. The summed E-state index contributed by atoms with van der Waals surface area (Å²) in [5, 5.41) is 7.76. The summed E-state index contributed by atoms with van der Waals surface area (Å²) in [6.07, 6.45) is 7.32. The molecule has 2 aromatic rings. The molecule has 5 heteroatoms. The lowest BCUT2D eigenvalue weighted by Crippen LogP contribution is -2.43. The Kier molecular flexibility index (Phi) is 5.04. The Labute approximate surface area is 161 Å². The van der Waals surface area contributed by atoms with Crippen LogP contribution in [0.25, 0.3) is 0 Å². The van der Waals surface area contributed by atoms with Gasteiger partial charge in [0.1, 0.15) is 0 Å². The molecule has 1 unspecified atom stereocenters. The van der Waals surface area contributed by atoms with Gasteiger partial charge in [0.15, 0.2) is 0 Å². The second-order valence-electron chi connectivity index (χ2n) is 8.15. The third kappa shape index (κ3) is 3.41. The zero-order valence-corrected chi connectivity index (χ0v) is 16.6. The van der Waals surface area contributed by atoms with E-state index in [2.05, 4.69) is 53.6 Å². The zero-order chi connectivity index (χ0) is 19.0. The molecule has 0 saturated carbocycles. The van der Waals surface area contributed by atoms with Crippen molar-refractivity contribution in [2.24, 2.45) is 13.0 Å². The standard InChI is InChI=1S/C22H30N4O/c1-15-7-6-8-18(16(15)2)21-9-4-5-10-26(21)22(27)20-13-23-12-19(20)17-11-24-25(3)14-17/h6-8,11,14,19-21,23H,4-5,9-10,12-13H2,1-3H3/t19-,20+,21?/m1/s1. The van der Waals surface area contributed by atoms with Crippen molar-refractivity contribution in [3.63, 3.8) is 0 Å². The molecule has 2 aliphatic rings. The summed E-state index contributed by atoms with van der Waals surface area (Å²) in [7, 11) is 1.93. The average molecular weight is 367 g/mol. The van der Waals surface area contributed by atoms with Crippen LogP contribution in [0.4, 0.5) is 0 Å². The molecule has 0 radical (unpaired) electrons. The summed E-state index contributed by atoms with van der Waals surface area (Å²) in [5.74, 6) is 0.520. The van der Waals surface area contributed by atoms with Gasteiger partial charge in [0.05, 0.1) is 18.2 Å². The molecule has 3 heterocycles. The first-order valence-corrected chi connectivity index (χ1v) is 10.1. The molecule has 5 nitrogen and oxygen atoms in total. The second kappa shape index (κ2) is 7.47. The molecule has 1 aromatic carbocycles. The van der Waals surface area contributed by atoms with Gasteiger partial charge in [-0.25, -0.2) is 0 Å². The van der Waals surface area contributed by atoms with Crippen LogP contribution < -0.4 is 5.32 Å². The number of hydrogen-bond donors (Lipinski definition) is 1. The third-order valence-corrected chi connectivity index (χ3v) is 6.48. The highest BCUT2D eigenvalue weighted by Gasteiger charge is 2.40. The maximum absolute atomic E-state index is 13.6. The molecular formula is C22H30N4O. The van der Waals surface area contributed by atoms with Gasteiger partial charge in [0, 0.05) is 38.8 Å². The number of amides is 1. The third-order valence-electron chi connectivity index (χ3n) is 6.48.